The number of hydrogen-bond acceptors (Lipinski definition) is 1. The fourth-order valence-electron chi connectivity index (χ4n) is 3.05. The Labute approximate surface area is 95.6 Å². The van der Waals surface area contributed by atoms with E-state index in [-0.39, 0.29) is 5.60 Å². The molecule has 0 radical (unpaired) electrons. The van der Waals surface area contributed by atoms with Crippen molar-refractivity contribution in [2.45, 2.75) is 44.4 Å². The fourth-order valence-corrected chi connectivity index (χ4v) is 3.05. The van der Waals surface area contributed by atoms with Gasteiger partial charge in [-0.2, -0.15) is 0 Å². The number of hydrogen-bond donors (Lipinski definition) is 0. The first kappa shape index (κ1) is 10.1. The van der Waals surface area contributed by atoms with Gasteiger partial charge >= 0.3 is 0 Å². The maximum atomic E-state index is 13.4. The zero-order chi connectivity index (χ0) is 11.2. The lowest BCUT2D eigenvalue weighted by Gasteiger charge is -2.46. The molecule has 86 valence electrons. The van der Waals surface area contributed by atoms with E-state index in [1.807, 2.05) is 18.2 Å². The molecule has 0 bridgehead atoms. The highest BCUT2D eigenvalue weighted by Crippen LogP contribution is 2.45. The van der Waals surface area contributed by atoms with E-state index in [4.69, 9.17) is 4.74 Å². The monoisotopic (exact) mass is 220 g/mol. The summed E-state index contributed by atoms with van der Waals surface area (Å²) in [5.41, 5.74) is 1.09. The highest BCUT2D eigenvalue weighted by Gasteiger charge is 2.44. The summed E-state index contributed by atoms with van der Waals surface area (Å²) in [6.45, 7) is 2.14. The molecule has 0 saturated heterocycles. The Morgan fingerprint density at radius 1 is 1.38 bits per heavy atom. The van der Waals surface area contributed by atoms with Crippen LogP contribution in [0.25, 0.3) is 0 Å². The topological polar surface area (TPSA) is 9.23 Å². The zero-order valence-corrected chi connectivity index (χ0v) is 9.58. The minimum atomic E-state index is -0.632. The minimum Gasteiger partial charge on any atom is -0.487 e. The Balaban J connectivity index is 1.94. The summed E-state index contributed by atoms with van der Waals surface area (Å²) < 4.78 is 19.5. The maximum absolute atomic E-state index is 13.4. The zero-order valence-electron chi connectivity index (χ0n) is 9.58. The predicted molar refractivity (Wildman–Crippen MR) is 61.4 cm³/mol. The van der Waals surface area contributed by atoms with Crippen LogP contribution in [0.5, 0.6) is 5.75 Å². The summed E-state index contributed by atoms with van der Waals surface area (Å²) >= 11 is 0. The van der Waals surface area contributed by atoms with Gasteiger partial charge in [0, 0.05) is 5.92 Å². The van der Waals surface area contributed by atoms with Crippen LogP contribution in [-0.2, 0) is 6.42 Å². The van der Waals surface area contributed by atoms with Crippen molar-refractivity contribution >= 4 is 0 Å². The second-order valence-corrected chi connectivity index (χ2v) is 5.30. The van der Waals surface area contributed by atoms with Gasteiger partial charge in [-0.1, -0.05) is 18.2 Å². The van der Waals surface area contributed by atoms with Gasteiger partial charge in [-0.3, -0.25) is 0 Å². The molecule has 3 rings (SSSR count). The third kappa shape index (κ3) is 1.51. The van der Waals surface area contributed by atoms with E-state index in [1.165, 1.54) is 5.56 Å². The first-order valence-electron chi connectivity index (χ1n) is 6.08. The van der Waals surface area contributed by atoms with Gasteiger partial charge in [0.05, 0.1) is 0 Å². The van der Waals surface area contributed by atoms with Crippen molar-refractivity contribution in [3.05, 3.63) is 29.8 Å². The molecular weight excluding hydrogens is 203 g/mol. The molecule has 0 N–H and O–H groups in total. The molecule has 0 amide bonds. The average Bonchev–Trinajstić information content (AvgIpc) is 2.27. The van der Waals surface area contributed by atoms with E-state index < -0.39 is 6.17 Å². The van der Waals surface area contributed by atoms with E-state index in [0.717, 1.165) is 18.6 Å². The van der Waals surface area contributed by atoms with Crippen LogP contribution < -0.4 is 4.74 Å². The van der Waals surface area contributed by atoms with Gasteiger partial charge in [0.15, 0.2) is 0 Å². The van der Waals surface area contributed by atoms with Crippen molar-refractivity contribution in [1.82, 2.24) is 0 Å². The highest BCUT2D eigenvalue weighted by atomic mass is 19.1. The summed E-state index contributed by atoms with van der Waals surface area (Å²) in [4.78, 5) is 0. The largest absolute Gasteiger partial charge is 0.487 e. The van der Waals surface area contributed by atoms with Gasteiger partial charge < -0.3 is 4.74 Å². The first-order chi connectivity index (χ1) is 7.67. The van der Waals surface area contributed by atoms with Gasteiger partial charge in [-0.15, -0.1) is 0 Å². The third-order valence-electron chi connectivity index (χ3n) is 4.14. The van der Waals surface area contributed by atoms with Crippen LogP contribution in [-0.4, -0.2) is 11.8 Å². The molecule has 16 heavy (non-hydrogen) atoms. The summed E-state index contributed by atoms with van der Waals surface area (Å²) in [6.07, 6.45) is 2.48. The molecule has 1 aliphatic heterocycles. The summed E-state index contributed by atoms with van der Waals surface area (Å²) in [5, 5.41) is 0. The van der Waals surface area contributed by atoms with Crippen LogP contribution in [0.3, 0.4) is 0 Å². The van der Waals surface area contributed by atoms with E-state index >= 15 is 0 Å². The molecule has 1 fully saturated rings. The van der Waals surface area contributed by atoms with Gasteiger partial charge in [0.2, 0.25) is 0 Å². The number of fused-ring (bicyclic) bond motifs is 2. The standard InChI is InChI=1S/C14H17FO/c1-14-7-6-12(15)9-11(14)8-10-4-2-3-5-13(10)16-14/h2-5,11-12H,6-9H2,1H3/t11-,12+,14-/m0/s1. The first-order valence-corrected chi connectivity index (χ1v) is 6.08. The number of ether oxygens (including phenoxy) is 1. The molecule has 0 spiro atoms. The van der Waals surface area contributed by atoms with Crippen LogP contribution in [0.15, 0.2) is 24.3 Å². The lowest BCUT2D eigenvalue weighted by molar-refractivity contribution is -0.0423. The van der Waals surface area contributed by atoms with Crippen LogP contribution >= 0.6 is 0 Å². The Kier molecular flexibility index (Phi) is 2.20. The third-order valence-corrected chi connectivity index (χ3v) is 4.14. The average molecular weight is 220 g/mol. The van der Waals surface area contributed by atoms with Crippen molar-refractivity contribution in [1.29, 1.82) is 0 Å². The van der Waals surface area contributed by atoms with Crippen LogP contribution in [0.2, 0.25) is 0 Å². The smallest absolute Gasteiger partial charge is 0.123 e. The molecule has 1 nitrogen and oxygen atoms in total. The van der Waals surface area contributed by atoms with Crippen molar-refractivity contribution in [2.24, 2.45) is 5.92 Å². The van der Waals surface area contributed by atoms with E-state index in [0.29, 0.717) is 18.8 Å². The van der Waals surface area contributed by atoms with E-state index in [9.17, 15) is 4.39 Å². The van der Waals surface area contributed by atoms with Crippen LogP contribution in [0.4, 0.5) is 4.39 Å². The van der Waals surface area contributed by atoms with E-state index in [2.05, 4.69) is 13.0 Å². The second-order valence-electron chi connectivity index (χ2n) is 5.30. The molecule has 1 saturated carbocycles. The Bertz CT molecular complexity index is 403. The molecule has 2 heteroatoms. The second kappa shape index (κ2) is 3.47. The molecule has 0 unspecified atom stereocenters. The van der Waals surface area contributed by atoms with Crippen LogP contribution in [0.1, 0.15) is 31.7 Å². The molecule has 1 aromatic rings. The van der Waals surface area contributed by atoms with Crippen molar-refractivity contribution in [3.8, 4) is 5.75 Å². The number of rotatable bonds is 0. The Morgan fingerprint density at radius 2 is 2.19 bits per heavy atom. The summed E-state index contributed by atoms with van der Waals surface area (Å²) in [5.74, 6) is 1.34. The minimum absolute atomic E-state index is 0.142. The van der Waals surface area contributed by atoms with Gasteiger partial charge in [0.1, 0.15) is 17.5 Å². The van der Waals surface area contributed by atoms with E-state index in [1.54, 1.807) is 0 Å². The van der Waals surface area contributed by atoms with Gasteiger partial charge in [-0.05, 0) is 44.2 Å². The lowest BCUT2D eigenvalue weighted by Crippen LogP contribution is -2.49. The quantitative estimate of drug-likeness (QED) is 0.650. The molecular formula is C14H17FO. The van der Waals surface area contributed by atoms with Gasteiger partial charge in [0.25, 0.3) is 0 Å². The number of halogens is 1. The number of para-hydroxylation sites is 1. The van der Waals surface area contributed by atoms with Crippen LogP contribution in [0, 0.1) is 5.92 Å². The summed E-state index contributed by atoms with van der Waals surface area (Å²) in [6, 6.07) is 8.15. The van der Waals surface area contributed by atoms with Gasteiger partial charge in [-0.25, -0.2) is 4.39 Å². The summed E-state index contributed by atoms with van der Waals surface area (Å²) in [7, 11) is 0. The Hall–Kier alpha value is -1.05. The van der Waals surface area contributed by atoms with Crippen molar-refractivity contribution < 1.29 is 9.13 Å². The predicted octanol–water partition coefficient (Wildman–Crippen LogP) is 3.52. The number of alkyl halides is 1. The van der Waals surface area contributed by atoms with Crippen molar-refractivity contribution in [3.63, 3.8) is 0 Å². The molecule has 3 atom stereocenters. The normalized spacial score (nSPS) is 37.1. The SMILES string of the molecule is C[C@]12CC[C@@H](F)C[C@@H]1Cc1ccccc1O2. The molecule has 1 heterocycles. The molecule has 0 aromatic heterocycles. The lowest BCUT2D eigenvalue weighted by atomic mass is 9.71. The fraction of sp³-hybridized carbons (Fsp3) is 0.571. The molecule has 1 aliphatic carbocycles. The Morgan fingerprint density at radius 3 is 3.06 bits per heavy atom. The molecule has 2 aliphatic rings. The highest BCUT2D eigenvalue weighted by molar-refractivity contribution is 5.37. The van der Waals surface area contributed by atoms with Crippen molar-refractivity contribution in [2.75, 3.05) is 0 Å². The molecule has 1 aromatic carbocycles. The number of benzene rings is 1. The maximum Gasteiger partial charge on any atom is 0.123 e.